The molecule has 0 aromatic heterocycles. The predicted octanol–water partition coefficient (Wildman–Crippen LogP) is 6.58. The van der Waals surface area contributed by atoms with Gasteiger partial charge in [0.15, 0.2) is 11.5 Å². The monoisotopic (exact) mass is 485 g/mol. The molecule has 1 rings (SSSR count). The van der Waals surface area contributed by atoms with E-state index >= 15 is 0 Å². The third-order valence-corrected chi connectivity index (χ3v) is 5.66. The largest absolute Gasteiger partial charge is 0.504 e. The number of carbonyl (C=O) groups is 2. The van der Waals surface area contributed by atoms with Crippen LogP contribution in [-0.4, -0.2) is 33.2 Å². The summed E-state index contributed by atoms with van der Waals surface area (Å²) in [6, 6.07) is 3.05. The summed E-state index contributed by atoms with van der Waals surface area (Å²) in [5, 5.41) is 30.9. The van der Waals surface area contributed by atoms with Crippen molar-refractivity contribution >= 4 is 11.9 Å². The Kier molecular flexibility index (Phi) is 16.6. The van der Waals surface area contributed by atoms with Gasteiger partial charge in [-0.25, -0.2) is 4.79 Å². The first-order valence-electron chi connectivity index (χ1n) is 12.9. The molecule has 194 valence electrons. The lowest BCUT2D eigenvalue weighted by Gasteiger charge is -2.15. The van der Waals surface area contributed by atoms with Crippen molar-refractivity contribution in [3.8, 4) is 11.5 Å². The highest BCUT2D eigenvalue weighted by atomic mass is 16.4. The first kappa shape index (κ1) is 30.0. The molecule has 6 nitrogen and oxygen atoms in total. The smallest absolute Gasteiger partial charge is 0.326 e. The third-order valence-electron chi connectivity index (χ3n) is 5.66. The van der Waals surface area contributed by atoms with Gasteiger partial charge in [-0.2, -0.15) is 0 Å². The second kappa shape index (κ2) is 19.3. The Morgan fingerprint density at radius 2 is 1.43 bits per heavy atom. The molecule has 1 aromatic rings. The number of benzene rings is 1. The van der Waals surface area contributed by atoms with E-state index in [1.165, 1.54) is 43.9 Å². The van der Waals surface area contributed by atoms with Crippen LogP contribution in [0.15, 0.2) is 54.7 Å². The molecule has 1 atom stereocenters. The minimum Gasteiger partial charge on any atom is -0.504 e. The number of amides is 1. The van der Waals surface area contributed by atoms with Crippen LogP contribution in [-0.2, 0) is 16.0 Å². The maximum absolute atomic E-state index is 12.1. The summed E-state index contributed by atoms with van der Waals surface area (Å²) in [6.45, 7) is 2.22. The highest BCUT2D eigenvalue weighted by Gasteiger charge is 2.20. The molecule has 0 bridgehead atoms. The highest BCUT2D eigenvalue weighted by Crippen LogP contribution is 2.25. The lowest BCUT2D eigenvalue weighted by atomic mass is 10.0. The van der Waals surface area contributed by atoms with E-state index in [-0.39, 0.29) is 30.2 Å². The van der Waals surface area contributed by atoms with Crippen molar-refractivity contribution in [2.75, 3.05) is 0 Å². The van der Waals surface area contributed by atoms with Crippen molar-refractivity contribution in [2.24, 2.45) is 0 Å². The molecule has 1 amide bonds. The molecule has 1 aromatic carbocycles. The Morgan fingerprint density at radius 1 is 0.829 bits per heavy atom. The molecule has 0 unspecified atom stereocenters. The molecule has 0 spiro atoms. The topological polar surface area (TPSA) is 107 Å². The van der Waals surface area contributed by atoms with Gasteiger partial charge >= 0.3 is 5.97 Å². The summed E-state index contributed by atoms with van der Waals surface area (Å²) in [4.78, 5) is 23.6. The maximum Gasteiger partial charge on any atom is 0.326 e. The average Bonchev–Trinajstić information content (AvgIpc) is 2.83. The predicted molar refractivity (Wildman–Crippen MR) is 142 cm³/mol. The number of nitrogens with one attached hydrogen (secondary N) is 1. The standard InChI is InChI=1S/C29H43NO5/c1-2-3-4-5-6-7-8-9-10-11-12-13-14-15-16-17-18-19-28(33)30-25(29(34)35)22-24-20-21-26(31)27(32)23-24/h6-7,9-10,12-13,20-21,23,25,31-32H,2-5,8,11,14-19,22H2,1H3,(H,30,33)(H,34,35)/b7-6-,10-9-,13-12-/t25-/m0/s1. The quantitative estimate of drug-likeness (QED) is 0.101. The van der Waals surface area contributed by atoms with Crippen LogP contribution >= 0.6 is 0 Å². The number of hydrogen-bond donors (Lipinski definition) is 4. The van der Waals surface area contributed by atoms with Gasteiger partial charge in [-0.1, -0.05) is 75.1 Å². The van der Waals surface area contributed by atoms with Crippen LogP contribution in [0.25, 0.3) is 0 Å². The molecule has 0 aliphatic rings. The van der Waals surface area contributed by atoms with E-state index in [0.717, 1.165) is 44.9 Å². The van der Waals surface area contributed by atoms with Crippen molar-refractivity contribution in [1.29, 1.82) is 0 Å². The van der Waals surface area contributed by atoms with Crippen molar-refractivity contribution < 1.29 is 24.9 Å². The maximum atomic E-state index is 12.1. The van der Waals surface area contributed by atoms with E-state index in [1.54, 1.807) is 0 Å². The van der Waals surface area contributed by atoms with Gasteiger partial charge in [0.2, 0.25) is 5.91 Å². The number of allylic oxidation sites excluding steroid dienone is 6. The second-order valence-corrected chi connectivity index (χ2v) is 8.82. The molecule has 6 heteroatoms. The van der Waals surface area contributed by atoms with Crippen LogP contribution in [0.1, 0.15) is 89.5 Å². The summed E-state index contributed by atoms with van der Waals surface area (Å²) in [6.07, 6.45) is 25.4. The van der Waals surface area contributed by atoms with E-state index in [0.29, 0.717) is 5.56 Å². The molecule has 0 radical (unpaired) electrons. The van der Waals surface area contributed by atoms with E-state index in [1.807, 2.05) is 0 Å². The molecule has 0 aliphatic carbocycles. The highest BCUT2D eigenvalue weighted by molar-refractivity contribution is 5.83. The van der Waals surface area contributed by atoms with Gasteiger partial charge in [0.25, 0.3) is 0 Å². The number of unbranched alkanes of at least 4 members (excludes halogenated alkanes) is 7. The third kappa shape index (κ3) is 15.5. The van der Waals surface area contributed by atoms with Crippen LogP contribution in [0.5, 0.6) is 11.5 Å². The Balaban J connectivity index is 2.10. The number of carbonyl (C=O) groups excluding carboxylic acids is 1. The Morgan fingerprint density at radius 3 is 2.03 bits per heavy atom. The number of aromatic hydroxyl groups is 2. The van der Waals surface area contributed by atoms with Gasteiger partial charge in [0.05, 0.1) is 0 Å². The average molecular weight is 486 g/mol. The number of hydrogen-bond acceptors (Lipinski definition) is 4. The Bertz CT molecular complexity index is 828. The van der Waals surface area contributed by atoms with Crippen LogP contribution < -0.4 is 5.32 Å². The zero-order valence-corrected chi connectivity index (χ0v) is 21.1. The summed E-state index contributed by atoms with van der Waals surface area (Å²) in [5.74, 6) is -2.01. The fourth-order valence-electron chi connectivity index (χ4n) is 3.59. The van der Waals surface area contributed by atoms with Gasteiger partial charge in [-0.15, -0.1) is 0 Å². The molecule has 0 aliphatic heterocycles. The number of aliphatic carboxylic acids is 1. The van der Waals surface area contributed by atoms with Gasteiger partial charge in [0, 0.05) is 12.8 Å². The number of rotatable bonds is 19. The summed E-state index contributed by atoms with van der Waals surface area (Å²) in [7, 11) is 0. The molecule has 0 saturated carbocycles. The minimum atomic E-state index is -1.13. The molecular formula is C29H43NO5. The van der Waals surface area contributed by atoms with Gasteiger partial charge in [-0.05, 0) is 62.6 Å². The summed E-state index contributed by atoms with van der Waals surface area (Å²) >= 11 is 0. The van der Waals surface area contributed by atoms with Crippen molar-refractivity contribution in [1.82, 2.24) is 5.32 Å². The Labute approximate surface area is 210 Å². The van der Waals surface area contributed by atoms with E-state index < -0.39 is 12.0 Å². The van der Waals surface area contributed by atoms with E-state index in [2.05, 4.69) is 48.7 Å². The van der Waals surface area contributed by atoms with Crippen molar-refractivity contribution in [2.45, 2.75) is 96.4 Å². The van der Waals surface area contributed by atoms with Crippen LogP contribution in [0.4, 0.5) is 0 Å². The zero-order valence-electron chi connectivity index (χ0n) is 21.1. The molecular weight excluding hydrogens is 442 g/mol. The van der Waals surface area contributed by atoms with Gasteiger partial charge in [-0.3, -0.25) is 4.79 Å². The number of carboxylic acid groups (broad SMARTS) is 1. The Hall–Kier alpha value is -3.02. The van der Waals surface area contributed by atoms with E-state index in [9.17, 15) is 24.9 Å². The minimum absolute atomic E-state index is 0.0339. The number of phenolic OH excluding ortho intramolecular Hbond substituents is 2. The first-order chi connectivity index (χ1) is 16.9. The summed E-state index contributed by atoms with van der Waals surface area (Å²) < 4.78 is 0. The van der Waals surface area contributed by atoms with Crippen LogP contribution in [0.3, 0.4) is 0 Å². The van der Waals surface area contributed by atoms with Crippen LogP contribution in [0.2, 0.25) is 0 Å². The van der Waals surface area contributed by atoms with Gasteiger partial charge in [0.1, 0.15) is 6.04 Å². The van der Waals surface area contributed by atoms with Crippen molar-refractivity contribution in [3.63, 3.8) is 0 Å². The molecule has 0 heterocycles. The second-order valence-electron chi connectivity index (χ2n) is 8.82. The molecule has 0 fully saturated rings. The zero-order chi connectivity index (χ0) is 25.7. The first-order valence-corrected chi connectivity index (χ1v) is 12.9. The fourth-order valence-corrected chi connectivity index (χ4v) is 3.59. The van der Waals surface area contributed by atoms with Crippen LogP contribution in [0, 0.1) is 0 Å². The molecule has 4 N–H and O–H groups in total. The summed E-state index contributed by atoms with van der Waals surface area (Å²) in [5.41, 5.74) is 0.520. The van der Waals surface area contributed by atoms with E-state index in [4.69, 9.17) is 0 Å². The SMILES string of the molecule is CCCCC/C=C\C/C=C\C/C=C\CCCCCCC(=O)N[C@@H](Cc1ccc(O)c(O)c1)C(=O)O. The van der Waals surface area contributed by atoms with Crippen molar-refractivity contribution in [3.05, 3.63) is 60.2 Å². The number of carboxylic acids is 1. The normalized spacial score (nSPS) is 12.6. The van der Waals surface area contributed by atoms with Gasteiger partial charge < -0.3 is 20.6 Å². The lowest BCUT2D eigenvalue weighted by molar-refractivity contribution is -0.141. The molecule has 35 heavy (non-hydrogen) atoms. The molecule has 0 saturated heterocycles. The number of phenols is 2. The fraction of sp³-hybridized carbons (Fsp3) is 0.517. The lowest BCUT2D eigenvalue weighted by Crippen LogP contribution is -2.42.